The summed E-state index contributed by atoms with van der Waals surface area (Å²) in [4.78, 5) is 13.4. The Balaban J connectivity index is 1.67. The number of carbonyl (C=O) groups excluding carboxylic acids is 1. The van der Waals surface area contributed by atoms with E-state index in [0.717, 1.165) is 37.7 Å². The van der Waals surface area contributed by atoms with Gasteiger partial charge in [0.15, 0.2) is 5.78 Å². The molecule has 0 spiro atoms. The first kappa shape index (κ1) is 22.2. The van der Waals surface area contributed by atoms with E-state index in [2.05, 4.69) is 44.0 Å². The van der Waals surface area contributed by atoms with E-state index in [1.54, 1.807) is 11.8 Å². The molecule has 0 amide bonds. The number of hydrogen-bond donors (Lipinski definition) is 1. The maximum absolute atomic E-state index is 12.2. The van der Waals surface area contributed by atoms with E-state index < -0.39 is 5.60 Å². The van der Waals surface area contributed by atoms with Gasteiger partial charge < -0.3 is 9.84 Å². The Hall–Kier alpha value is -1.62. The predicted octanol–water partition coefficient (Wildman–Crippen LogP) is 6.20. The Morgan fingerprint density at radius 2 is 1.94 bits per heavy atom. The number of thioether (sulfide) groups is 1. The first-order valence-corrected chi connectivity index (χ1v) is 13.1. The third-order valence-electron chi connectivity index (χ3n) is 8.84. The van der Waals surface area contributed by atoms with E-state index in [9.17, 15) is 9.90 Å². The molecular weight excluding hydrogens is 416 g/mol. The summed E-state index contributed by atoms with van der Waals surface area (Å²) in [6.07, 6.45) is 8.96. The molecule has 0 bridgehead atoms. The SMILES string of the molecule is C=C(C)[C@]1(O)CCC2C3CCC4=CC(=O)CCC4=C3[C@@H](c3ccc(SC)cc3)OC[C@@]21C. The van der Waals surface area contributed by atoms with Crippen molar-refractivity contribution < 1.29 is 14.6 Å². The second-order valence-corrected chi connectivity index (χ2v) is 11.3. The van der Waals surface area contributed by atoms with E-state index in [-0.39, 0.29) is 17.3 Å². The number of rotatable bonds is 3. The number of benzene rings is 1. The Bertz CT molecular complexity index is 1020. The van der Waals surface area contributed by atoms with Crippen LogP contribution in [-0.4, -0.2) is 29.4 Å². The summed E-state index contributed by atoms with van der Waals surface area (Å²) in [6, 6.07) is 8.74. The van der Waals surface area contributed by atoms with Crippen molar-refractivity contribution in [2.45, 2.75) is 69.0 Å². The van der Waals surface area contributed by atoms with Crippen molar-refractivity contribution in [2.75, 3.05) is 12.9 Å². The van der Waals surface area contributed by atoms with Crippen molar-refractivity contribution in [1.82, 2.24) is 0 Å². The lowest BCUT2D eigenvalue weighted by Crippen LogP contribution is -2.49. The van der Waals surface area contributed by atoms with E-state index in [1.165, 1.54) is 27.2 Å². The molecule has 32 heavy (non-hydrogen) atoms. The van der Waals surface area contributed by atoms with Gasteiger partial charge in [-0.15, -0.1) is 11.8 Å². The van der Waals surface area contributed by atoms with Crippen LogP contribution >= 0.6 is 11.8 Å². The fourth-order valence-corrected chi connectivity index (χ4v) is 7.43. The van der Waals surface area contributed by atoms with Crippen LogP contribution in [0.15, 0.2) is 64.1 Å². The van der Waals surface area contributed by atoms with Gasteiger partial charge in [-0.1, -0.05) is 25.6 Å². The average molecular weight is 451 g/mol. The van der Waals surface area contributed by atoms with Crippen LogP contribution in [0.5, 0.6) is 0 Å². The first-order valence-electron chi connectivity index (χ1n) is 11.9. The van der Waals surface area contributed by atoms with Gasteiger partial charge in [0.05, 0.1) is 12.2 Å². The molecule has 3 nitrogen and oxygen atoms in total. The Morgan fingerprint density at radius 3 is 2.62 bits per heavy atom. The lowest BCUT2D eigenvalue weighted by Gasteiger charge is -2.45. The van der Waals surface area contributed by atoms with Crippen molar-refractivity contribution in [1.29, 1.82) is 0 Å². The zero-order chi connectivity index (χ0) is 22.7. The third-order valence-corrected chi connectivity index (χ3v) is 9.58. The van der Waals surface area contributed by atoms with E-state index in [1.807, 2.05) is 13.0 Å². The summed E-state index contributed by atoms with van der Waals surface area (Å²) in [6.45, 7) is 8.88. The van der Waals surface area contributed by atoms with Crippen LogP contribution in [0.1, 0.15) is 64.0 Å². The van der Waals surface area contributed by atoms with Gasteiger partial charge in [0.25, 0.3) is 0 Å². The Morgan fingerprint density at radius 1 is 1.19 bits per heavy atom. The molecule has 5 rings (SSSR count). The maximum Gasteiger partial charge on any atom is 0.156 e. The van der Waals surface area contributed by atoms with Crippen LogP contribution in [0.2, 0.25) is 0 Å². The largest absolute Gasteiger partial charge is 0.385 e. The van der Waals surface area contributed by atoms with Gasteiger partial charge in [0, 0.05) is 16.7 Å². The second kappa shape index (κ2) is 8.00. The number of allylic oxidation sites excluding steroid dienone is 3. The fraction of sp³-hybridized carbons (Fsp3) is 0.536. The summed E-state index contributed by atoms with van der Waals surface area (Å²) in [5.41, 5.74) is 4.72. The Kier molecular flexibility index (Phi) is 5.55. The van der Waals surface area contributed by atoms with Crippen molar-refractivity contribution in [3.8, 4) is 0 Å². The van der Waals surface area contributed by atoms with Gasteiger partial charge >= 0.3 is 0 Å². The molecule has 1 aliphatic heterocycles. The molecule has 2 unspecified atom stereocenters. The summed E-state index contributed by atoms with van der Waals surface area (Å²) in [5.74, 6) is 0.961. The van der Waals surface area contributed by atoms with Gasteiger partial charge in [-0.05, 0) is 103 Å². The van der Waals surface area contributed by atoms with Crippen LogP contribution < -0.4 is 0 Å². The summed E-state index contributed by atoms with van der Waals surface area (Å²) >= 11 is 1.74. The number of fused-ring (bicyclic) bond motifs is 4. The molecule has 3 aliphatic carbocycles. The van der Waals surface area contributed by atoms with E-state index >= 15 is 0 Å². The molecule has 1 aromatic carbocycles. The van der Waals surface area contributed by atoms with Crippen molar-refractivity contribution in [2.24, 2.45) is 17.3 Å². The molecule has 4 heteroatoms. The highest BCUT2D eigenvalue weighted by atomic mass is 32.2. The minimum atomic E-state index is -0.899. The quantitative estimate of drug-likeness (QED) is 0.440. The molecule has 170 valence electrons. The monoisotopic (exact) mass is 450 g/mol. The van der Waals surface area contributed by atoms with E-state index in [4.69, 9.17) is 4.74 Å². The number of ether oxygens (including phenoxy) is 1. The minimum Gasteiger partial charge on any atom is -0.385 e. The van der Waals surface area contributed by atoms with Gasteiger partial charge in [-0.2, -0.15) is 0 Å². The van der Waals surface area contributed by atoms with Gasteiger partial charge in [-0.25, -0.2) is 0 Å². The molecule has 1 saturated heterocycles. The zero-order valence-electron chi connectivity index (χ0n) is 19.4. The first-order chi connectivity index (χ1) is 15.3. The number of carbonyl (C=O) groups is 1. The Labute approximate surface area is 196 Å². The minimum absolute atomic E-state index is 0.125. The number of hydrogen-bond acceptors (Lipinski definition) is 4. The molecule has 1 aromatic rings. The molecule has 1 N–H and O–H groups in total. The molecule has 1 saturated carbocycles. The topological polar surface area (TPSA) is 46.5 Å². The molecule has 0 radical (unpaired) electrons. The second-order valence-electron chi connectivity index (χ2n) is 10.4. The molecule has 1 heterocycles. The van der Waals surface area contributed by atoms with Gasteiger partial charge in [0.1, 0.15) is 6.10 Å². The lowest BCUT2D eigenvalue weighted by atomic mass is 9.61. The van der Waals surface area contributed by atoms with Crippen LogP contribution in [0.25, 0.3) is 0 Å². The predicted molar refractivity (Wildman–Crippen MR) is 130 cm³/mol. The summed E-state index contributed by atoms with van der Waals surface area (Å²) < 4.78 is 6.79. The molecular formula is C28H34O3S. The summed E-state index contributed by atoms with van der Waals surface area (Å²) in [5, 5.41) is 11.8. The van der Waals surface area contributed by atoms with Crippen LogP contribution in [0, 0.1) is 17.3 Å². The smallest absolute Gasteiger partial charge is 0.156 e. The summed E-state index contributed by atoms with van der Waals surface area (Å²) in [7, 11) is 0. The third kappa shape index (κ3) is 3.21. The highest BCUT2D eigenvalue weighted by Gasteiger charge is 2.61. The highest BCUT2D eigenvalue weighted by molar-refractivity contribution is 7.98. The van der Waals surface area contributed by atoms with Crippen molar-refractivity contribution in [3.05, 3.63) is 64.8 Å². The van der Waals surface area contributed by atoms with Gasteiger partial charge in [-0.3, -0.25) is 4.79 Å². The molecule has 0 aromatic heterocycles. The van der Waals surface area contributed by atoms with E-state index in [0.29, 0.717) is 24.9 Å². The van der Waals surface area contributed by atoms with Crippen LogP contribution in [0.3, 0.4) is 0 Å². The van der Waals surface area contributed by atoms with Crippen LogP contribution in [0.4, 0.5) is 0 Å². The lowest BCUT2D eigenvalue weighted by molar-refractivity contribution is -0.114. The standard InChI is InChI=1S/C28H34O3S/c1-17(2)28(30)14-13-24-23-11-7-19-15-20(29)8-12-22(19)25(23)26(31-16-27(24,28)3)18-5-9-21(32-4)10-6-18/h5-6,9-10,15,23-24,26,30H,1,7-8,11-14,16H2,2-4H3/t23?,24?,26-,27+,28-/m1/s1. The molecule has 5 atom stereocenters. The average Bonchev–Trinajstić information content (AvgIpc) is 2.97. The van der Waals surface area contributed by atoms with Crippen LogP contribution in [-0.2, 0) is 9.53 Å². The number of aliphatic hydroxyl groups is 1. The maximum atomic E-state index is 12.2. The molecule has 4 aliphatic rings. The normalized spacial score (nSPS) is 36.7. The fourth-order valence-electron chi connectivity index (χ4n) is 7.02. The van der Waals surface area contributed by atoms with Gasteiger partial charge in [0.2, 0.25) is 0 Å². The molecule has 2 fully saturated rings. The van der Waals surface area contributed by atoms with Crippen molar-refractivity contribution >= 4 is 17.5 Å². The van der Waals surface area contributed by atoms with Crippen molar-refractivity contribution in [3.63, 3.8) is 0 Å². The highest BCUT2D eigenvalue weighted by Crippen LogP contribution is 2.63. The zero-order valence-corrected chi connectivity index (χ0v) is 20.3. The number of ketones is 1.